The first kappa shape index (κ1) is 17.7. The summed E-state index contributed by atoms with van der Waals surface area (Å²) in [6, 6.07) is 14.2. The predicted octanol–water partition coefficient (Wildman–Crippen LogP) is 5.83. The van der Waals surface area contributed by atoms with Crippen LogP contribution in [0, 0.1) is 6.92 Å². The maximum atomic E-state index is 6.04. The van der Waals surface area contributed by atoms with Gasteiger partial charge in [0.2, 0.25) is 0 Å². The van der Waals surface area contributed by atoms with Gasteiger partial charge in [-0.25, -0.2) is 0 Å². The van der Waals surface area contributed by atoms with Gasteiger partial charge >= 0.3 is 0 Å². The molecule has 0 radical (unpaired) electrons. The van der Waals surface area contributed by atoms with Crippen LogP contribution >= 0.6 is 11.6 Å². The zero-order chi connectivity index (χ0) is 17.0. The van der Waals surface area contributed by atoms with Gasteiger partial charge in [-0.1, -0.05) is 50.6 Å². The Balaban J connectivity index is 1.92. The van der Waals surface area contributed by atoms with E-state index in [1.54, 1.807) is 0 Å². The Morgan fingerprint density at radius 1 is 1.09 bits per heavy atom. The summed E-state index contributed by atoms with van der Waals surface area (Å²) in [5.41, 5.74) is 3.70. The largest absolute Gasteiger partial charge is 0.489 e. The van der Waals surface area contributed by atoms with Crippen LogP contribution in [0.15, 0.2) is 42.5 Å². The Kier molecular flexibility index (Phi) is 5.59. The Labute approximate surface area is 144 Å². The second kappa shape index (κ2) is 7.27. The first-order valence-corrected chi connectivity index (χ1v) is 8.41. The molecule has 0 aliphatic heterocycles. The number of ether oxygens (including phenoxy) is 1. The van der Waals surface area contributed by atoms with E-state index in [2.05, 4.69) is 52.1 Å². The smallest absolute Gasteiger partial charge is 0.119 e. The van der Waals surface area contributed by atoms with Crippen LogP contribution in [-0.4, -0.2) is 12.6 Å². The highest BCUT2D eigenvalue weighted by Crippen LogP contribution is 2.25. The van der Waals surface area contributed by atoms with Gasteiger partial charge in [0.15, 0.2) is 0 Å². The predicted molar refractivity (Wildman–Crippen MR) is 99.9 cm³/mol. The van der Waals surface area contributed by atoms with Crippen LogP contribution < -0.4 is 10.1 Å². The maximum Gasteiger partial charge on any atom is 0.119 e. The van der Waals surface area contributed by atoms with Gasteiger partial charge in [0.1, 0.15) is 11.9 Å². The van der Waals surface area contributed by atoms with Crippen molar-refractivity contribution in [2.24, 2.45) is 0 Å². The van der Waals surface area contributed by atoms with Crippen molar-refractivity contribution in [3.63, 3.8) is 0 Å². The van der Waals surface area contributed by atoms with Crippen molar-refractivity contribution >= 4 is 17.3 Å². The van der Waals surface area contributed by atoms with Gasteiger partial charge in [-0.3, -0.25) is 0 Å². The second-order valence-corrected chi connectivity index (χ2v) is 7.48. The van der Waals surface area contributed by atoms with Crippen molar-refractivity contribution in [1.29, 1.82) is 0 Å². The Morgan fingerprint density at radius 2 is 1.74 bits per heavy atom. The average molecular weight is 332 g/mol. The van der Waals surface area contributed by atoms with Crippen LogP contribution in [0.1, 0.15) is 38.8 Å². The molecular formula is C20H26ClNO. The van der Waals surface area contributed by atoms with Crippen molar-refractivity contribution in [3.05, 3.63) is 58.6 Å². The van der Waals surface area contributed by atoms with Crippen molar-refractivity contribution < 1.29 is 4.74 Å². The first-order chi connectivity index (χ1) is 10.8. The zero-order valence-electron chi connectivity index (χ0n) is 14.6. The molecule has 0 bridgehead atoms. The standard InChI is InChI=1S/C20H26ClNO/c1-14-6-9-17(21)12-19(14)22-13-15(2)23-18-10-7-16(8-11-18)20(3,4)5/h6-12,15,22H,13H2,1-5H3. The molecule has 1 unspecified atom stereocenters. The summed E-state index contributed by atoms with van der Waals surface area (Å²) in [6.07, 6.45) is 0.0638. The third-order valence-electron chi connectivity index (χ3n) is 3.84. The molecule has 2 aromatic rings. The molecule has 0 heterocycles. The van der Waals surface area contributed by atoms with Crippen molar-refractivity contribution in [2.75, 3.05) is 11.9 Å². The highest BCUT2D eigenvalue weighted by Gasteiger charge is 2.13. The lowest BCUT2D eigenvalue weighted by molar-refractivity contribution is 0.234. The summed E-state index contributed by atoms with van der Waals surface area (Å²) in [5.74, 6) is 0.898. The maximum absolute atomic E-state index is 6.04. The summed E-state index contributed by atoms with van der Waals surface area (Å²) in [6.45, 7) is 11.5. The third-order valence-corrected chi connectivity index (χ3v) is 4.07. The van der Waals surface area contributed by atoms with E-state index in [0.717, 1.165) is 23.0 Å². The summed E-state index contributed by atoms with van der Waals surface area (Å²) >= 11 is 6.04. The van der Waals surface area contributed by atoms with E-state index in [0.29, 0.717) is 0 Å². The first-order valence-electron chi connectivity index (χ1n) is 8.03. The van der Waals surface area contributed by atoms with Crippen LogP contribution in [-0.2, 0) is 5.41 Å². The number of hydrogen-bond donors (Lipinski definition) is 1. The molecule has 0 saturated heterocycles. The fourth-order valence-corrected chi connectivity index (χ4v) is 2.52. The van der Waals surface area contributed by atoms with Crippen LogP contribution in [0.5, 0.6) is 5.75 Å². The van der Waals surface area contributed by atoms with Crippen molar-refractivity contribution in [2.45, 2.75) is 46.1 Å². The minimum Gasteiger partial charge on any atom is -0.489 e. The molecule has 23 heavy (non-hydrogen) atoms. The molecule has 124 valence electrons. The van der Waals surface area contributed by atoms with E-state index in [1.165, 1.54) is 11.1 Å². The van der Waals surface area contributed by atoms with Crippen LogP contribution in [0.4, 0.5) is 5.69 Å². The molecule has 1 atom stereocenters. The van der Waals surface area contributed by atoms with Gasteiger partial charge < -0.3 is 10.1 Å². The minimum absolute atomic E-state index is 0.0638. The quantitative estimate of drug-likeness (QED) is 0.744. The lowest BCUT2D eigenvalue weighted by Crippen LogP contribution is -2.23. The normalized spacial score (nSPS) is 12.8. The Bertz CT molecular complexity index is 644. The molecular weight excluding hydrogens is 306 g/mol. The van der Waals surface area contributed by atoms with Gasteiger partial charge in [-0.05, 0) is 54.7 Å². The van der Waals surface area contributed by atoms with Crippen LogP contribution in [0.2, 0.25) is 5.02 Å². The van der Waals surface area contributed by atoms with E-state index < -0.39 is 0 Å². The SMILES string of the molecule is Cc1ccc(Cl)cc1NCC(C)Oc1ccc(C(C)(C)C)cc1. The van der Waals surface area contributed by atoms with Gasteiger partial charge in [0, 0.05) is 10.7 Å². The zero-order valence-corrected chi connectivity index (χ0v) is 15.4. The number of nitrogens with one attached hydrogen (secondary N) is 1. The van der Waals surface area contributed by atoms with E-state index in [-0.39, 0.29) is 11.5 Å². The van der Waals surface area contributed by atoms with Gasteiger partial charge in [-0.2, -0.15) is 0 Å². The van der Waals surface area contributed by atoms with Gasteiger partial charge in [0.05, 0.1) is 6.54 Å². The van der Waals surface area contributed by atoms with Crippen molar-refractivity contribution in [3.8, 4) is 5.75 Å². The lowest BCUT2D eigenvalue weighted by atomic mass is 9.87. The average Bonchev–Trinajstić information content (AvgIpc) is 2.48. The van der Waals surface area contributed by atoms with E-state index >= 15 is 0 Å². The Morgan fingerprint density at radius 3 is 2.35 bits per heavy atom. The van der Waals surface area contributed by atoms with Gasteiger partial charge in [-0.15, -0.1) is 0 Å². The highest BCUT2D eigenvalue weighted by atomic mass is 35.5. The number of aryl methyl sites for hydroxylation is 1. The fraction of sp³-hybridized carbons (Fsp3) is 0.400. The minimum atomic E-state index is 0.0638. The molecule has 2 nitrogen and oxygen atoms in total. The number of hydrogen-bond acceptors (Lipinski definition) is 2. The fourth-order valence-electron chi connectivity index (χ4n) is 2.35. The number of benzene rings is 2. The molecule has 0 aliphatic rings. The Hall–Kier alpha value is -1.67. The molecule has 3 heteroatoms. The molecule has 0 spiro atoms. The van der Waals surface area contributed by atoms with E-state index in [4.69, 9.17) is 16.3 Å². The number of anilines is 1. The highest BCUT2D eigenvalue weighted by molar-refractivity contribution is 6.30. The molecule has 0 amide bonds. The summed E-state index contributed by atoms with van der Waals surface area (Å²) in [5, 5.41) is 4.14. The van der Waals surface area contributed by atoms with Crippen molar-refractivity contribution in [1.82, 2.24) is 0 Å². The molecule has 0 aromatic heterocycles. The number of halogens is 1. The molecule has 1 N–H and O–H groups in total. The second-order valence-electron chi connectivity index (χ2n) is 7.04. The molecule has 0 aliphatic carbocycles. The molecule has 2 rings (SSSR count). The number of rotatable bonds is 5. The lowest BCUT2D eigenvalue weighted by Gasteiger charge is -2.21. The summed E-state index contributed by atoms with van der Waals surface area (Å²) < 4.78 is 5.98. The topological polar surface area (TPSA) is 21.3 Å². The van der Waals surface area contributed by atoms with Gasteiger partial charge in [0.25, 0.3) is 0 Å². The third kappa shape index (κ3) is 5.18. The summed E-state index contributed by atoms with van der Waals surface area (Å²) in [7, 11) is 0. The van der Waals surface area contributed by atoms with Crippen LogP contribution in [0.3, 0.4) is 0 Å². The summed E-state index contributed by atoms with van der Waals surface area (Å²) in [4.78, 5) is 0. The van der Waals surface area contributed by atoms with Crippen LogP contribution in [0.25, 0.3) is 0 Å². The van der Waals surface area contributed by atoms with E-state index in [1.807, 2.05) is 30.3 Å². The molecule has 2 aromatic carbocycles. The monoisotopic (exact) mass is 331 g/mol. The molecule has 0 fully saturated rings. The molecule has 0 saturated carbocycles. The van der Waals surface area contributed by atoms with E-state index in [9.17, 15) is 0 Å².